The molecule has 2 rings (SSSR count). The minimum Gasteiger partial charge on any atom is -0.496 e. The fraction of sp³-hybridized carbons (Fsp3) is 0.348. The number of methoxy groups -OCH3 is 1. The van der Waals surface area contributed by atoms with Crippen LogP contribution in [0.2, 0.25) is 0 Å². The number of nitrogens with zero attached hydrogens (tertiary/aromatic N) is 1. The molecule has 182 valence electrons. The molecule has 0 aliphatic carbocycles. The smallest absolute Gasteiger partial charge is 0.408 e. The molecule has 11 heteroatoms. The maximum atomic E-state index is 12.8. The molecule has 0 aromatic heterocycles. The Bertz CT molecular complexity index is 1030. The number of nitrogens with one attached hydrogen (secondary N) is 2. The van der Waals surface area contributed by atoms with E-state index < -0.39 is 35.0 Å². The van der Waals surface area contributed by atoms with Crippen molar-refractivity contribution in [1.82, 2.24) is 10.6 Å². The van der Waals surface area contributed by atoms with Gasteiger partial charge in [-0.15, -0.1) is 0 Å². The van der Waals surface area contributed by atoms with E-state index >= 15 is 0 Å². The summed E-state index contributed by atoms with van der Waals surface area (Å²) < 4.78 is 10.3. The standard InChI is InChI=1S/C23H27N3O8/c1-14(2)20(25-23(30)34-13-15-7-5-4-6-8-15)21(27)24-18(22(28)29)12-16-11-17(26(31)32)9-10-19(16)33-3/h4-11,14,18,20H,12-13H2,1-3H3,(H,24,27)(H,25,30)(H,28,29)/t18-,20+/m1/s1. The minimum absolute atomic E-state index is 0.00341. The molecule has 0 saturated carbocycles. The number of nitro benzene ring substituents is 1. The number of hydrogen-bond donors (Lipinski definition) is 3. The summed E-state index contributed by atoms with van der Waals surface area (Å²) in [5.74, 6) is -2.22. The molecule has 0 heterocycles. The third-order valence-corrected chi connectivity index (χ3v) is 4.95. The molecule has 2 aromatic rings. The van der Waals surface area contributed by atoms with Crippen molar-refractivity contribution in [3.63, 3.8) is 0 Å². The number of carbonyl (C=O) groups excluding carboxylic acids is 2. The van der Waals surface area contributed by atoms with Crippen LogP contribution in [0.3, 0.4) is 0 Å². The van der Waals surface area contributed by atoms with Crippen LogP contribution in [0.4, 0.5) is 10.5 Å². The lowest BCUT2D eigenvalue weighted by Crippen LogP contribution is -2.54. The van der Waals surface area contributed by atoms with Crippen LogP contribution in [0.25, 0.3) is 0 Å². The molecular weight excluding hydrogens is 446 g/mol. The lowest BCUT2D eigenvalue weighted by Gasteiger charge is -2.24. The van der Waals surface area contributed by atoms with Gasteiger partial charge in [0.2, 0.25) is 5.91 Å². The van der Waals surface area contributed by atoms with Gasteiger partial charge in [-0.05, 0) is 17.5 Å². The molecule has 2 amide bonds. The van der Waals surface area contributed by atoms with Crippen molar-refractivity contribution in [1.29, 1.82) is 0 Å². The number of aliphatic carboxylic acids is 1. The number of ether oxygens (including phenoxy) is 2. The Morgan fingerprint density at radius 1 is 1.09 bits per heavy atom. The predicted molar refractivity (Wildman–Crippen MR) is 121 cm³/mol. The number of non-ortho nitro benzene ring substituents is 1. The molecular formula is C23H27N3O8. The molecule has 0 spiro atoms. The van der Waals surface area contributed by atoms with E-state index in [0.717, 1.165) is 5.56 Å². The first-order valence-electron chi connectivity index (χ1n) is 10.4. The average molecular weight is 473 g/mol. The second-order valence-corrected chi connectivity index (χ2v) is 7.78. The van der Waals surface area contributed by atoms with Crippen LogP contribution in [0.1, 0.15) is 25.0 Å². The molecule has 11 nitrogen and oxygen atoms in total. The third-order valence-electron chi connectivity index (χ3n) is 4.95. The molecule has 0 aliphatic heterocycles. The summed E-state index contributed by atoms with van der Waals surface area (Å²) >= 11 is 0. The number of rotatable bonds is 11. The van der Waals surface area contributed by atoms with E-state index in [-0.39, 0.29) is 35.9 Å². The summed E-state index contributed by atoms with van der Waals surface area (Å²) in [5.41, 5.74) is 0.759. The lowest BCUT2D eigenvalue weighted by molar-refractivity contribution is -0.384. The number of carboxylic acids is 1. The van der Waals surface area contributed by atoms with Gasteiger partial charge in [0.1, 0.15) is 24.4 Å². The Balaban J connectivity index is 2.10. The quantitative estimate of drug-likeness (QED) is 0.332. The number of carboxylic acid groups (broad SMARTS) is 1. The van der Waals surface area contributed by atoms with Crippen molar-refractivity contribution < 1.29 is 33.9 Å². The summed E-state index contributed by atoms with van der Waals surface area (Å²) in [5, 5.41) is 25.6. The Labute approximate surface area is 196 Å². The summed E-state index contributed by atoms with van der Waals surface area (Å²) in [4.78, 5) is 47.4. The van der Waals surface area contributed by atoms with Gasteiger partial charge in [-0.1, -0.05) is 44.2 Å². The van der Waals surface area contributed by atoms with E-state index in [1.807, 2.05) is 6.07 Å². The Hall–Kier alpha value is -4.15. The van der Waals surface area contributed by atoms with Crippen molar-refractivity contribution in [2.45, 2.75) is 39.0 Å². The maximum absolute atomic E-state index is 12.8. The van der Waals surface area contributed by atoms with Gasteiger partial charge in [0.25, 0.3) is 5.69 Å². The topological polar surface area (TPSA) is 157 Å². The molecule has 2 aromatic carbocycles. The first-order chi connectivity index (χ1) is 16.1. The fourth-order valence-corrected chi connectivity index (χ4v) is 3.15. The monoisotopic (exact) mass is 473 g/mol. The number of benzene rings is 2. The van der Waals surface area contributed by atoms with E-state index in [1.54, 1.807) is 38.1 Å². The lowest BCUT2D eigenvalue weighted by atomic mass is 10.0. The molecule has 0 aliphatic rings. The first-order valence-corrected chi connectivity index (χ1v) is 10.4. The van der Waals surface area contributed by atoms with Crippen molar-refractivity contribution in [3.8, 4) is 5.75 Å². The van der Waals surface area contributed by atoms with Gasteiger partial charge in [0, 0.05) is 24.1 Å². The van der Waals surface area contributed by atoms with Crippen molar-refractivity contribution in [3.05, 3.63) is 69.8 Å². The highest BCUT2D eigenvalue weighted by Gasteiger charge is 2.30. The van der Waals surface area contributed by atoms with E-state index in [9.17, 15) is 29.6 Å². The number of hydrogen-bond acceptors (Lipinski definition) is 7. The molecule has 34 heavy (non-hydrogen) atoms. The number of amides is 2. The highest BCUT2D eigenvalue weighted by Crippen LogP contribution is 2.25. The fourth-order valence-electron chi connectivity index (χ4n) is 3.15. The van der Waals surface area contributed by atoms with Crippen molar-refractivity contribution in [2.24, 2.45) is 5.92 Å². The normalized spacial score (nSPS) is 12.4. The number of nitro groups is 1. The summed E-state index contributed by atoms with van der Waals surface area (Å²) in [6.07, 6.45) is -1.10. The molecule has 0 saturated heterocycles. The van der Waals surface area contributed by atoms with Crippen LogP contribution in [-0.2, 0) is 27.4 Å². The molecule has 0 unspecified atom stereocenters. The highest BCUT2D eigenvalue weighted by molar-refractivity contribution is 5.89. The zero-order valence-electron chi connectivity index (χ0n) is 19.0. The zero-order chi connectivity index (χ0) is 25.3. The molecule has 2 atom stereocenters. The Kier molecular flexibility index (Phi) is 9.36. The van der Waals surface area contributed by atoms with Crippen molar-refractivity contribution in [2.75, 3.05) is 7.11 Å². The highest BCUT2D eigenvalue weighted by atomic mass is 16.6. The van der Waals surface area contributed by atoms with Crippen LogP contribution in [0, 0.1) is 16.0 Å². The van der Waals surface area contributed by atoms with Crippen molar-refractivity contribution >= 4 is 23.7 Å². The van der Waals surface area contributed by atoms with E-state index in [4.69, 9.17) is 9.47 Å². The van der Waals surface area contributed by atoms with Gasteiger partial charge >= 0.3 is 12.1 Å². The van der Waals surface area contributed by atoms with Gasteiger partial charge < -0.3 is 25.2 Å². The van der Waals surface area contributed by atoms with Crippen LogP contribution in [0.15, 0.2) is 48.5 Å². The van der Waals surface area contributed by atoms with Crippen LogP contribution < -0.4 is 15.4 Å². The van der Waals surface area contributed by atoms with Gasteiger partial charge in [-0.25, -0.2) is 9.59 Å². The molecule has 0 bridgehead atoms. The first kappa shape index (κ1) is 26.1. The number of carbonyl (C=O) groups is 3. The van der Waals surface area contributed by atoms with E-state index in [2.05, 4.69) is 10.6 Å². The molecule has 3 N–H and O–H groups in total. The predicted octanol–water partition coefficient (Wildman–Crippen LogP) is 2.67. The largest absolute Gasteiger partial charge is 0.496 e. The summed E-state index contributed by atoms with van der Waals surface area (Å²) in [6.45, 7) is 3.37. The van der Waals surface area contributed by atoms with Crippen LogP contribution >= 0.6 is 0 Å². The molecule has 0 radical (unpaired) electrons. The van der Waals surface area contributed by atoms with Gasteiger partial charge in [-0.2, -0.15) is 0 Å². The van der Waals surface area contributed by atoms with Gasteiger partial charge in [0.15, 0.2) is 0 Å². The van der Waals surface area contributed by atoms with Gasteiger partial charge in [-0.3, -0.25) is 14.9 Å². The average Bonchev–Trinajstić information content (AvgIpc) is 2.80. The Morgan fingerprint density at radius 2 is 1.76 bits per heavy atom. The third kappa shape index (κ3) is 7.47. The molecule has 0 fully saturated rings. The number of alkyl carbamates (subject to hydrolysis) is 1. The SMILES string of the molecule is COc1ccc([N+](=O)[O-])cc1C[C@@H](NC(=O)[C@@H](NC(=O)OCc1ccccc1)C(C)C)C(=O)O. The minimum atomic E-state index is -1.42. The maximum Gasteiger partial charge on any atom is 0.408 e. The second kappa shape index (κ2) is 12.2. The summed E-state index contributed by atoms with van der Waals surface area (Å²) in [6, 6.07) is 10.3. The van der Waals surface area contributed by atoms with E-state index in [1.165, 1.54) is 25.3 Å². The van der Waals surface area contributed by atoms with Crippen LogP contribution in [-0.4, -0.2) is 47.2 Å². The van der Waals surface area contributed by atoms with Gasteiger partial charge in [0.05, 0.1) is 12.0 Å². The van der Waals surface area contributed by atoms with E-state index in [0.29, 0.717) is 0 Å². The second-order valence-electron chi connectivity index (χ2n) is 7.78. The zero-order valence-corrected chi connectivity index (χ0v) is 19.0. The van der Waals surface area contributed by atoms with Crippen LogP contribution in [0.5, 0.6) is 5.75 Å². The summed E-state index contributed by atoms with van der Waals surface area (Å²) in [7, 11) is 1.35. The Morgan fingerprint density at radius 3 is 2.32 bits per heavy atom.